The maximum absolute atomic E-state index is 12.5. The maximum Gasteiger partial charge on any atom is 0.224 e. The Bertz CT molecular complexity index is 1160. The number of benzene rings is 3. The Morgan fingerprint density at radius 2 is 1.65 bits per heavy atom. The molecule has 156 valence electrons. The number of ether oxygens (including phenoxy) is 1. The summed E-state index contributed by atoms with van der Waals surface area (Å²) in [5, 5.41) is 7.48. The molecule has 0 fully saturated rings. The number of carbonyl (C=O) groups excluding carboxylic acids is 1. The van der Waals surface area contributed by atoms with Gasteiger partial charge < -0.3 is 10.1 Å². The number of anilines is 1. The molecule has 0 saturated heterocycles. The summed E-state index contributed by atoms with van der Waals surface area (Å²) in [4.78, 5) is 12.5. The molecule has 31 heavy (non-hydrogen) atoms. The van der Waals surface area contributed by atoms with Crippen molar-refractivity contribution in [1.82, 2.24) is 9.78 Å². The Hall–Kier alpha value is -3.86. The number of rotatable bonds is 7. The van der Waals surface area contributed by atoms with Gasteiger partial charge in [-0.3, -0.25) is 4.79 Å². The lowest BCUT2D eigenvalue weighted by molar-refractivity contribution is -0.116. The van der Waals surface area contributed by atoms with Gasteiger partial charge in [0.1, 0.15) is 5.75 Å². The molecule has 3 aromatic carbocycles. The average molecular weight is 412 g/mol. The number of amides is 1. The molecular weight excluding hydrogens is 386 g/mol. The third kappa shape index (κ3) is 5.20. The van der Waals surface area contributed by atoms with Gasteiger partial charge in [-0.1, -0.05) is 42.5 Å². The van der Waals surface area contributed by atoms with E-state index in [1.807, 2.05) is 97.4 Å². The van der Waals surface area contributed by atoms with Crippen molar-refractivity contribution in [3.8, 4) is 17.2 Å². The number of hydrogen-bond acceptors (Lipinski definition) is 3. The zero-order valence-corrected chi connectivity index (χ0v) is 17.7. The quantitative estimate of drug-likeness (QED) is 0.415. The van der Waals surface area contributed by atoms with Gasteiger partial charge in [-0.2, -0.15) is 5.10 Å². The predicted molar refractivity (Wildman–Crippen MR) is 123 cm³/mol. The standard InChI is InChI=1S/C26H25N3O2/c1-19-18-20(2)29(28-19)22-15-12-21(13-16-22)14-17-26(30)27-24-10-6-7-11-25(24)31-23-8-4-3-5-9-23/h3-13,15-16,18H,14,17H2,1-2H3,(H,27,30). The fraction of sp³-hybridized carbons (Fsp3) is 0.154. The highest BCUT2D eigenvalue weighted by molar-refractivity contribution is 5.92. The van der Waals surface area contributed by atoms with Crippen LogP contribution in [0.15, 0.2) is 84.9 Å². The summed E-state index contributed by atoms with van der Waals surface area (Å²) in [5.41, 5.74) is 4.88. The van der Waals surface area contributed by atoms with Crippen LogP contribution in [0.25, 0.3) is 5.69 Å². The number of nitrogens with zero attached hydrogens (tertiary/aromatic N) is 2. The molecule has 0 aliphatic carbocycles. The minimum Gasteiger partial charge on any atom is -0.455 e. The second-order valence-electron chi connectivity index (χ2n) is 7.46. The van der Waals surface area contributed by atoms with Gasteiger partial charge in [-0.15, -0.1) is 0 Å². The minimum atomic E-state index is -0.0493. The Kier molecular flexibility index (Phi) is 6.13. The van der Waals surface area contributed by atoms with Crippen LogP contribution in [0.5, 0.6) is 11.5 Å². The molecule has 4 rings (SSSR count). The molecular formula is C26H25N3O2. The van der Waals surface area contributed by atoms with Crippen LogP contribution < -0.4 is 10.1 Å². The van der Waals surface area contributed by atoms with Crippen molar-refractivity contribution in [2.45, 2.75) is 26.7 Å². The second kappa shape index (κ2) is 9.30. The van der Waals surface area contributed by atoms with E-state index in [-0.39, 0.29) is 5.91 Å². The molecule has 0 atom stereocenters. The first-order chi connectivity index (χ1) is 15.1. The van der Waals surface area contributed by atoms with Gasteiger partial charge >= 0.3 is 0 Å². The highest BCUT2D eigenvalue weighted by Gasteiger charge is 2.09. The number of aromatic nitrogens is 2. The van der Waals surface area contributed by atoms with Crippen molar-refractivity contribution in [3.05, 3.63) is 102 Å². The number of para-hydroxylation sites is 3. The first-order valence-corrected chi connectivity index (χ1v) is 10.3. The molecule has 5 nitrogen and oxygen atoms in total. The van der Waals surface area contributed by atoms with E-state index in [1.165, 1.54) is 0 Å². The van der Waals surface area contributed by atoms with E-state index in [2.05, 4.69) is 16.5 Å². The predicted octanol–water partition coefficient (Wildman–Crippen LogP) is 5.85. The third-order valence-electron chi connectivity index (χ3n) is 4.96. The molecule has 0 bridgehead atoms. The van der Waals surface area contributed by atoms with Crippen molar-refractivity contribution >= 4 is 11.6 Å². The van der Waals surface area contributed by atoms with E-state index in [0.29, 0.717) is 24.3 Å². The molecule has 0 aliphatic heterocycles. The average Bonchev–Trinajstić information content (AvgIpc) is 3.12. The van der Waals surface area contributed by atoms with E-state index in [4.69, 9.17) is 4.74 Å². The maximum atomic E-state index is 12.5. The molecule has 0 unspecified atom stereocenters. The number of carbonyl (C=O) groups is 1. The Labute approximate surface area is 182 Å². The molecule has 0 aliphatic rings. The largest absolute Gasteiger partial charge is 0.455 e. The summed E-state index contributed by atoms with van der Waals surface area (Å²) in [6.45, 7) is 4.02. The van der Waals surface area contributed by atoms with Crippen LogP contribution in [-0.4, -0.2) is 15.7 Å². The Morgan fingerprint density at radius 3 is 2.35 bits per heavy atom. The third-order valence-corrected chi connectivity index (χ3v) is 4.96. The fourth-order valence-electron chi connectivity index (χ4n) is 3.44. The minimum absolute atomic E-state index is 0.0493. The van der Waals surface area contributed by atoms with Gasteiger partial charge in [0.2, 0.25) is 5.91 Å². The smallest absolute Gasteiger partial charge is 0.224 e. The van der Waals surface area contributed by atoms with Crippen molar-refractivity contribution in [2.75, 3.05) is 5.32 Å². The summed E-state index contributed by atoms with van der Waals surface area (Å²) in [6.07, 6.45) is 1.05. The Balaban J connectivity index is 1.36. The first kappa shape index (κ1) is 20.4. The van der Waals surface area contributed by atoms with Crippen molar-refractivity contribution in [2.24, 2.45) is 0 Å². The molecule has 1 N–H and O–H groups in total. The lowest BCUT2D eigenvalue weighted by atomic mass is 10.1. The molecule has 1 aromatic heterocycles. The Morgan fingerprint density at radius 1 is 0.935 bits per heavy atom. The highest BCUT2D eigenvalue weighted by atomic mass is 16.5. The van der Waals surface area contributed by atoms with Crippen molar-refractivity contribution < 1.29 is 9.53 Å². The van der Waals surface area contributed by atoms with Gasteiger partial charge in [-0.25, -0.2) is 4.68 Å². The highest BCUT2D eigenvalue weighted by Crippen LogP contribution is 2.29. The van der Waals surface area contributed by atoms with Crippen LogP contribution in [0, 0.1) is 13.8 Å². The van der Waals surface area contributed by atoms with Gasteiger partial charge in [0, 0.05) is 12.1 Å². The van der Waals surface area contributed by atoms with Crippen LogP contribution in [-0.2, 0) is 11.2 Å². The zero-order chi connectivity index (χ0) is 21.6. The fourth-order valence-corrected chi connectivity index (χ4v) is 3.44. The molecule has 5 heteroatoms. The number of aryl methyl sites for hydroxylation is 3. The molecule has 0 spiro atoms. The zero-order valence-electron chi connectivity index (χ0n) is 17.7. The molecule has 1 amide bonds. The summed E-state index contributed by atoms with van der Waals surface area (Å²) >= 11 is 0. The SMILES string of the molecule is Cc1cc(C)n(-c2ccc(CCC(=O)Nc3ccccc3Oc3ccccc3)cc2)n1. The van der Waals surface area contributed by atoms with Crippen LogP contribution in [0.1, 0.15) is 23.4 Å². The van der Waals surface area contributed by atoms with E-state index in [1.54, 1.807) is 0 Å². The number of nitrogens with one attached hydrogen (secondary N) is 1. The first-order valence-electron chi connectivity index (χ1n) is 10.3. The van der Waals surface area contributed by atoms with Gasteiger partial charge in [-0.05, 0) is 68.3 Å². The van der Waals surface area contributed by atoms with E-state index >= 15 is 0 Å². The lowest BCUT2D eigenvalue weighted by Gasteiger charge is -2.12. The van der Waals surface area contributed by atoms with Gasteiger partial charge in [0.05, 0.1) is 17.1 Å². The van der Waals surface area contributed by atoms with Crippen LogP contribution in [0.2, 0.25) is 0 Å². The molecule has 4 aromatic rings. The van der Waals surface area contributed by atoms with Gasteiger partial charge in [0.25, 0.3) is 0 Å². The molecule has 0 radical (unpaired) electrons. The lowest BCUT2D eigenvalue weighted by Crippen LogP contribution is -2.13. The summed E-state index contributed by atoms with van der Waals surface area (Å²) in [7, 11) is 0. The summed E-state index contributed by atoms with van der Waals surface area (Å²) < 4.78 is 7.84. The van der Waals surface area contributed by atoms with Crippen LogP contribution in [0.3, 0.4) is 0 Å². The van der Waals surface area contributed by atoms with Gasteiger partial charge in [0.15, 0.2) is 5.75 Å². The van der Waals surface area contributed by atoms with E-state index in [9.17, 15) is 4.79 Å². The topological polar surface area (TPSA) is 56.2 Å². The van der Waals surface area contributed by atoms with Crippen LogP contribution >= 0.6 is 0 Å². The monoisotopic (exact) mass is 411 g/mol. The van der Waals surface area contributed by atoms with E-state index < -0.39 is 0 Å². The van der Waals surface area contributed by atoms with Crippen molar-refractivity contribution in [3.63, 3.8) is 0 Å². The molecule has 0 saturated carbocycles. The number of hydrogen-bond donors (Lipinski definition) is 1. The van der Waals surface area contributed by atoms with Crippen molar-refractivity contribution in [1.29, 1.82) is 0 Å². The normalized spacial score (nSPS) is 10.6. The molecule has 1 heterocycles. The summed E-state index contributed by atoms with van der Waals surface area (Å²) in [5.74, 6) is 1.30. The van der Waals surface area contributed by atoms with E-state index in [0.717, 1.165) is 28.4 Å². The van der Waals surface area contributed by atoms with Crippen LogP contribution in [0.4, 0.5) is 5.69 Å². The second-order valence-corrected chi connectivity index (χ2v) is 7.46. The summed E-state index contributed by atoms with van der Waals surface area (Å²) in [6, 6.07) is 27.2.